The first kappa shape index (κ1) is 16.0. The third kappa shape index (κ3) is 3.17. The minimum atomic E-state index is 0.695. The minimum absolute atomic E-state index is 0.695. The number of imidazole rings is 1. The summed E-state index contributed by atoms with van der Waals surface area (Å²) in [6, 6.07) is 13.2. The third-order valence-corrected chi connectivity index (χ3v) is 5.57. The van der Waals surface area contributed by atoms with E-state index in [2.05, 4.69) is 6.20 Å². The van der Waals surface area contributed by atoms with Gasteiger partial charge in [0.2, 0.25) is 0 Å². The molecule has 0 amide bonds. The number of rotatable bonds is 3. The van der Waals surface area contributed by atoms with Crippen LogP contribution in [0.2, 0.25) is 15.1 Å². The van der Waals surface area contributed by atoms with E-state index in [0.717, 1.165) is 38.2 Å². The first-order valence-corrected chi connectivity index (χ1v) is 9.21. The van der Waals surface area contributed by atoms with E-state index in [9.17, 15) is 0 Å². The number of aromatic nitrogens is 2. The highest BCUT2D eigenvalue weighted by Crippen LogP contribution is 2.28. The summed E-state index contributed by atoms with van der Waals surface area (Å²) in [5.74, 6) is 0. The van der Waals surface area contributed by atoms with Crippen LogP contribution in [0.3, 0.4) is 0 Å². The van der Waals surface area contributed by atoms with Gasteiger partial charge in [0, 0.05) is 44.3 Å². The lowest BCUT2D eigenvalue weighted by atomic mass is 10.1. The first-order chi connectivity index (χ1) is 11.6. The molecule has 24 heavy (non-hydrogen) atoms. The second-order valence-corrected chi connectivity index (χ2v) is 7.81. The summed E-state index contributed by atoms with van der Waals surface area (Å²) in [6.07, 6.45) is 4.85. The van der Waals surface area contributed by atoms with Crippen molar-refractivity contribution in [1.29, 1.82) is 0 Å². The maximum Gasteiger partial charge on any atom is 0.194 e. The Morgan fingerprint density at radius 1 is 0.917 bits per heavy atom. The van der Waals surface area contributed by atoms with Crippen LogP contribution in [0.25, 0.3) is 16.2 Å². The lowest BCUT2D eigenvalue weighted by Gasteiger charge is -2.02. The number of hydrogen-bond donors (Lipinski definition) is 0. The number of thiazole rings is 1. The van der Waals surface area contributed by atoms with E-state index in [1.54, 1.807) is 17.4 Å². The Kier molecular flexibility index (Phi) is 4.27. The summed E-state index contributed by atoms with van der Waals surface area (Å²) in [5, 5.41) is 2.15. The van der Waals surface area contributed by atoms with Gasteiger partial charge in [-0.3, -0.25) is 4.40 Å². The summed E-state index contributed by atoms with van der Waals surface area (Å²) in [4.78, 5) is 6.83. The predicted molar refractivity (Wildman–Crippen MR) is 103 cm³/mol. The number of benzene rings is 2. The van der Waals surface area contributed by atoms with Crippen molar-refractivity contribution >= 4 is 51.1 Å². The number of hydrogen-bond acceptors (Lipinski definition) is 2. The molecule has 0 fully saturated rings. The molecule has 6 heteroatoms. The summed E-state index contributed by atoms with van der Waals surface area (Å²) >= 11 is 19.9. The fourth-order valence-electron chi connectivity index (χ4n) is 2.55. The molecule has 4 aromatic rings. The van der Waals surface area contributed by atoms with Crippen LogP contribution in [-0.2, 0) is 6.42 Å². The highest BCUT2D eigenvalue weighted by Gasteiger charge is 2.10. The molecule has 120 valence electrons. The van der Waals surface area contributed by atoms with Crippen molar-refractivity contribution in [3.05, 3.63) is 80.4 Å². The quantitative estimate of drug-likeness (QED) is 0.382. The molecule has 0 spiro atoms. The molecular weight excluding hydrogens is 383 g/mol. The lowest BCUT2D eigenvalue weighted by molar-refractivity contribution is 1.16. The predicted octanol–water partition coefficient (Wildman–Crippen LogP) is 6.61. The molecule has 0 saturated heterocycles. The zero-order valence-corrected chi connectivity index (χ0v) is 15.4. The molecule has 2 heterocycles. The maximum atomic E-state index is 6.25. The Morgan fingerprint density at radius 3 is 2.42 bits per heavy atom. The van der Waals surface area contributed by atoms with Gasteiger partial charge in [-0.25, -0.2) is 4.98 Å². The Bertz CT molecular complexity index is 987. The van der Waals surface area contributed by atoms with E-state index in [0.29, 0.717) is 5.02 Å². The number of fused-ring (bicyclic) bond motifs is 1. The van der Waals surface area contributed by atoms with Crippen LogP contribution in [-0.4, -0.2) is 9.38 Å². The van der Waals surface area contributed by atoms with Gasteiger partial charge in [0.15, 0.2) is 4.96 Å². The van der Waals surface area contributed by atoms with Crippen LogP contribution in [0.15, 0.2) is 54.9 Å². The van der Waals surface area contributed by atoms with Crippen LogP contribution in [0.4, 0.5) is 0 Å². The van der Waals surface area contributed by atoms with E-state index in [1.165, 1.54) is 4.88 Å². The average molecular weight is 394 g/mol. The minimum Gasteiger partial charge on any atom is -0.297 e. The molecule has 2 aromatic heterocycles. The van der Waals surface area contributed by atoms with Crippen LogP contribution in [0, 0.1) is 0 Å². The summed E-state index contributed by atoms with van der Waals surface area (Å²) in [6.45, 7) is 0. The fraction of sp³-hybridized carbons (Fsp3) is 0.0556. The molecule has 2 aromatic carbocycles. The molecule has 0 aliphatic carbocycles. The average Bonchev–Trinajstić information content (AvgIpc) is 3.10. The smallest absolute Gasteiger partial charge is 0.194 e. The molecule has 0 saturated carbocycles. The van der Waals surface area contributed by atoms with E-state index >= 15 is 0 Å². The Balaban J connectivity index is 1.64. The zero-order valence-electron chi connectivity index (χ0n) is 12.3. The highest BCUT2D eigenvalue weighted by molar-refractivity contribution is 7.17. The van der Waals surface area contributed by atoms with Gasteiger partial charge in [-0.2, -0.15) is 0 Å². The van der Waals surface area contributed by atoms with Crippen LogP contribution < -0.4 is 0 Å². The van der Waals surface area contributed by atoms with Crippen molar-refractivity contribution in [2.24, 2.45) is 0 Å². The van der Waals surface area contributed by atoms with Crippen molar-refractivity contribution in [3.63, 3.8) is 0 Å². The van der Waals surface area contributed by atoms with Crippen LogP contribution >= 0.6 is 46.1 Å². The molecule has 0 atom stereocenters. The SMILES string of the molecule is Clc1ccc(-c2cn3cc(Cc4cc(Cl)ccc4Cl)sc3n2)cc1. The molecule has 0 N–H and O–H groups in total. The van der Waals surface area contributed by atoms with Gasteiger partial charge >= 0.3 is 0 Å². The lowest BCUT2D eigenvalue weighted by Crippen LogP contribution is -1.87. The van der Waals surface area contributed by atoms with Crippen LogP contribution in [0.1, 0.15) is 10.4 Å². The Labute approximate surface area is 158 Å². The molecule has 2 nitrogen and oxygen atoms in total. The first-order valence-electron chi connectivity index (χ1n) is 7.26. The van der Waals surface area contributed by atoms with E-state index in [4.69, 9.17) is 39.8 Å². The summed E-state index contributed by atoms with van der Waals surface area (Å²) < 4.78 is 2.04. The molecule has 0 bridgehead atoms. The number of nitrogens with zero attached hydrogens (tertiary/aromatic N) is 2. The largest absolute Gasteiger partial charge is 0.297 e. The van der Waals surface area contributed by atoms with Gasteiger partial charge in [0.25, 0.3) is 0 Å². The molecule has 0 unspecified atom stereocenters. The second-order valence-electron chi connectivity index (χ2n) is 5.43. The van der Waals surface area contributed by atoms with Gasteiger partial charge in [-0.05, 0) is 35.9 Å². The molecule has 4 rings (SSSR count). The Hall–Kier alpha value is -1.52. The fourth-order valence-corrected chi connectivity index (χ4v) is 4.04. The van der Waals surface area contributed by atoms with E-state index in [1.807, 2.05) is 47.0 Å². The molecular formula is C18H11Cl3N2S. The van der Waals surface area contributed by atoms with E-state index in [-0.39, 0.29) is 0 Å². The summed E-state index contributed by atoms with van der Waals surface area (Å²) in [5.41, 5.74) is 3.01. The normalized spacial score (nSPS) is 11.3. The zero-order chi connectivity index (χ0) is 16.7. The van der Waals surface area contributed by atoms with Gasteiger partial charge in [0.05, 0.1) is 5.69 Å². The number of halogens is 3. The molecule has 0 aliphatic rings. The van der Waals surface area contributed by atoms with Crippen molar-refractivity contribution in [2.45, 2.75) is 6.42 Å². The van der Waals surface area contributed by atoms with Crippen LogP contribution in [0.5, 0.6) is 0 Å². The topological polar surface area (TPSA) is 17.3 Å². The van der Waals surface area contributed by atoms with E-state index < -0.39 is 0 Å². The molecule has 0 aliphatic heterocycles. The highest BCUT2D eigenvalue weighted by atomic mass is 35.5. The summed E-state index contributed by atoms with van der Waals surface area (Å²) in [7, 11) is 0. The van der Waals surface area contributed by atoms with Gasteiger partial charge < -0.3 is 0 Å². The van der Waals surface area contributed by atoms with Crippen molar-refractivity contribution in [1.82, 2.24) is 9.38 Å². The second kappa shape index (κ2) is 6.41. The van der Waals surface area contributed by atoms with Gasteiger partial charge in [-0.1, -0.05) is 46.9 Å². The van der Waals surface area contributed by atoms with Gasteiger partial charge in [0.1, 0.15) is 0 Å². The Morgan fingerprint density at radius 2 is 1.67 bits per heavy atom. The molecule has 0 radical (unpaired) electrons. The van der Waals surface area contributed by atoms with Gasteiger partial charge in [-0.15, -0.1) is 11.3 Å². The monoisotopic (exact) mass is 392 g/mol. The van der Waals surface area contributed by atoms with Crippen molar-refractivity contribution in [2.75, 3.05) is 0 Å². The third-order valence-electron chi connectivity index (χ3n) is 3.72. The van der Waals surface area contributed by atoms with Crippen molar-refractivity contribution < 1.29 is 0 Å². The maximum absolute atomic E-state index is 6.25. The van der Waals surface area contributed by atoms with Crippen molar-refractivity contribution in [3.8, 4) is 11.3 Å². The standard InChI is InChI=1S/C18H11Cl3N2S/c19-13-3-1-11(2-4-13)17-10-23-9-15(24-18(23)22-17)8-12-7-14(20)5-6-16(12)21/h1-7,9-10H,8H2.